The molecule has 2 N–H and O–H groups in total. The normalized spacial score (nSPS) is 12.2. The van der Waals surface area contributed by atoms with E-state index in [2.05, 4.69) is 48.7 Å². The average molecular weight is 266 g/mol. The summed E-state index contributed by atoms with van der Waals surface area (Å²) in [6.45, 7) is 4.94. The molecule has 0 spiro atoms. The molecule has 1 aromatic rings. The number of thioether (sulfide) groups is 1. The number of carbonyl (C=O) groups is 1. The van der Waals surface area contributed by atoms with Crippen LogP contribution in [0, 0.1) is 0 Å². The lowest BCUT2D eigenvalue weighted by Gasteiger charge is -2.11. The van der Waals surface area contributed by atoms with Crippen molar-refractivity contribution in [1.29, 1.82) is 0 Å². The zero-order valence-electron chi connectivity index (χ0n) is 11.3. The lowest BCUT2D eigenvalue weighted by molar-refractivity contribution is -0.118. The maximum Gasteiger partial charge on any atom is 0.230 e. The summed E-state index contributed by atoms with van der Waals surface area (Å²) in [5.41, 5.74) is 1.26. The van der Waals surface area contributed by atoms with Gasteiger partial charge in [-0.25, -0.2) is 0 Å². The third-order valence-electron chi connectivity index (χ3n) is 2.76. The Kier molecular flexibility index (Phi) is 6.83. The topological polar surface area (TPSA) is 41.1 Å². The van der Waals surface area contributed by atoms with Crippen LogP contribution < -0.4 is 10.6 Å². The highest BCUT2D eigenvalue weighted by molar-refractivity contribution is 8.00. The van der Waals surface area contributed by atoms with E-state index in [1.807, 2.05) is 7.05 Å². The SMILES string of the molecule is CCCNC(=O)CSc1ccc(C(C)NC)cc1. The Bertz CT molecular complexity index is 365. The first-order valence-corrected chi connectivity index (χ1v) is 7.32. The molecule has 100 valence electrons. The van der Waals surface area contributed by atoms with Gasteiger partial charge in [-0.1, -0.05) is 19.1 Å². The van der Waals surface area contributed by atoms with Gasteiger partial charge in [0.15, 0.2) is 0 Å². The van der Waals surface area contributed by atoms with E-state index in [0.29, 0.717) is 11.8 Å². The van der Waals surface area contributed by atoms with Crippen molar-refractivity contribution in [2.75, 3.05) is 19.3 Å². The standard InChI is InChI=1S/C14H22N2OS/c1-4-9-16-14(17)10-18-13-7-5-12(6-8-13)11(2)15-3/h5-8,11,15H,4,9-10H2,1-3H3,(H,16,17). The number of hydrogen-bond donors (Lipinski definition) is 2. The molecule has 1 unspecified atom stereocenters. The van der Waals surface area contributed by atoms with Gasteiger partial charge in [0, 0.05) is 17.5 Å². The van der Waals surface area contributed by atoms with Gasteiger partial charge in [-0.2, -0.15) is 0 Å². The van der Waals surface area contributed by atoms with Crippen LogP contribution in [0.25, 0.3) is 0 Å². The second-order valence-electron chi connectivity index (χ2n) is 4.22. The molecule has 1 aromatic carbocycles. The Balaban J connectivity index is 2.41. The molecule has 0 radical (unpaired) electrons. The summed E-state index contributed by atoms with van der Waals surface area (Å²) in [6, 6.07) is 8.71. The Labute approximate surface area is 114 Å². The second kappa shape index (κ2) is 8.16. The highest BCUT2D eigenvalue weighted by atomic mass is 32.2. The molecule has 0 aliphatic carbocycles. The van der Waals surface area contributed by atoms with Gasteiger partial charge in [0.25, 0.3) is 0 Å². The number of rotatable bonds is 7. The minimum absolute atomic E-state index is 0.106. The fourth-order valence-corrected chi connectivity index (χ4v) is 2.21. The van der Waals surface area contributed by atoms with Gasteiger partial charge >= 0.3 is 0 Å². The molecule has 0 heterocycles. The molecule has 0 aliphatic rings. The number of amides is 1. The molecular weight excluding hydrogens is 244 g/mol. The van der Waals surface area contributed by atoms with Crippen molar-refractivity contribution in [2.24, 2.45) is 0 Å². The molecule has 0 saturated carbocycles. The summed E-state index contributed by atoms with van der Waals surface area (Å²) in [5.74, 6) is 0.593. The third kappa shape index (κ3) is 5.10. The van der Waals surface area contributed by atoms with Crippen LogP contribution in [0.2, 0.25) is 0 Å². The van der Waals surface area contributed by atoms with Gasteiger partial charge in [-0.3, -0.25) is 4.79 Å². The number of benzene rings is 1. The zero-order valence-corrected chi connectivity index (χ0v) is 12.1. The van der Waals surface area contributed by atoms with Crippen molar-refractivity contribution in [3.8, 4) is 0 Å². The van der Waals surface area contributed by atoms with Crippen LogP contribution in [0.5, 0.6) is 0 Å². The molecule has 0 saturated heterocycles. The quantitative estimate of drug-likeness (QED) is 0.745. The van der Waals surface area contributed by atoms with Gasteiger partial charge in [0.2, 0.25) is 5.91 Å². The molecule has 0 aliphatic heterocycles. The van der Waals surface area contributed by atoms with Crippen LogP contribution in [-0.4, -0.2) is 25.3 Å². The van der Waals surface area contributed by atoms with E-state index in [1.54, 1.807) is 11.8 Å². The minimum atomic E-state index is 0.106. The van der Waals surface area contributed by atoms with E-state index >= 15 is 0 Å². The molecule has 1 rings (SSSR count). The first-order valence-electron chi connectivity index (χ1n) is 6.34. The Morgan fingerprint density at radius 1 is 1.33 bits per heavy atom. The summed E-state index contributed by atoms with van der Waals surface area (Å²) in [7, 11) is 1.95. The Hall–Kier alpha value is -1.00. The Morgan fingerprint density at radius 2 is 2.00 bits per heavy atom. The van der Waals surface area contributed by atoms with Crippen LogP contribution in [-0.2, 0) is 4.79 Å². The first kappa shape index (κ1) is 15.1. The number of hydrogen-bond acceptors (Lipinski definition) is 3. The van der Waals surface area contributed by atoms with Crippen molar-refractivity contribution in [1.82, 2.24) is 10.6 Å². The van der Waals surface area contributed by atoms with Gasteiger partial charge in [0.05, 0.1) is 5.75 Å². The molecule has 0 fully saturated rings. The van der Waals surface area contributed by atoms with Crippen LogP contribution in [0.1, 0.15) is 31.9 Å². The highest BCUT2D eigenvalue weighted by Crippen LogP contribution is 2.20. The summed E-state index contributed by atoms with van der Waals surface area (Å²) >= 11 is 1.57. The number of nitrogens with one attached hydrogen (secondary N) is 2. The van der Waals surface area contributed by atoms with Crippen LogP contribution in [0.3, 0.4) is 0 Å². The zero-order chi connectivity index (χ0) is 13.4. The van der Waals surface area contributed by atoms with E-state index < -0.39 is 0 Å². The summed E-state index contributed by atoms with van der Waals surface area (Å²) in [6.07, 6.45) is 0.979. The first-order chi connectivity index (χ1) is 8.67. The third-order valence-corrected chi connectivity index (χ3v) is 3.77. The summed E-state index contributed by atoms with van der Waals surface area (Å²) < 4.78 is 0. The maximum absolute atomic E-state index is 11.5. The largest absolute Gasteiger partial charge is 0.355 e. The van der Waals surface area contributed by atoms with E-state index in [9.17, 15) is 4.79 Å². The average Bonchev–Trinajstić information content (AvgIpc) is 2.42. The van der Waals surface area contributed by atoms with Gasteiger partial charge in [-0.15, -0.1) is 11.8 Å². The lowest BCUT2D eigenvalue weighted by atomic mass is 10.1. The predicted molar refractivity (Wildman–Crippen MR) is 77.9 cm³/mol. The van der Waals surface area contributed by atoms with Crippen LogP contribution in [0.4, 0.5) is 0 Å². The highest BCUT2D eigenvalue weighted by Gasteiger charge is 2.04. The summed E-state index contributed by atoms with van der Waals surface area (Å²) in [5, 5.41) is 6.07. The molecule has 4 heteroatoms. The van der Waals surface area contributed by atoms with E-state index in [-0.39, 0.29) is 5.91 Å². The van der Waals surface area contributed by atoms with Crippen molar-refractivity contribution >= 4 is 17.7 Å². The van der Waals surface area contributed by atoms with Crippen LogP contribution >= 0.6 is 11.8 Å². The summed E-state index contributed by atoms with van der Waals surface area (Å²) in [4.78, 5) is 12.6. The van der Waals surface area contributed by atoms with Gasteiger partial charge in [-0.05, 0) is 38.1 Å². The van der Waals surface area contributed by atoms with Crippen molar-refractivity contribution in [3.63, 3.8) is 0 Å². The van der Waals surface area contributed by atoms with Gasteiger partial charge < -0.3 is 10.6 Å². The lowest BCUT2D eigenvalue weighted by Crippen LogP contribution is -2.25. The Morgan fingerprint density at radius 3 is 2.56 bits per heavy atom. The molecule has 3 nitrogen and oxygen atoms in total. The van der Waals surface area contributed by atoms with Crippen molar-refractivity contribution in [2.45, 2.75) is 31.2 Å². The molecule has 0 aromatic heterocycles. The molecule has 1 atom stereocenters. The van der Waals surface area contributed by atoms with E-state index in [4.69, 9.17) is 0 Å². The van der Waals surface area contributed by atoms with Crippen LogP contribution in [0.15, 0.2) is 29.2 Å². The molecular formula is C14H22N2OS. The maximum atomic E-state index is 11.5. The van der Waals surface area contributed by atoms with Crippen molar-refractivity contribution in [3.05, 3.63) is 29.8 Å². The van der Waals surface area contributed by atoms with Crippen molar-refractivity contribution < 1.29 is 4.79 Å². The van der Waals surface area contributed by atoms with E-state index in [0.717, 1.165) is 17.9 Å². The monoisotopic (exact) mass is 266 g/mol. The fourth-order valence-electron chi connectivity index (χ4n) is 1.48. The molecule has 18 heavy (non-hydrogen) atoms. The fraction of sp³-hybridized carbons (Fsp3) is 0.500. The van der Waals surface area contributed by atoms with E-state index in [1.165, 1.54) is 5.56 Å². The molecule has 0 bridgehead atoms. The minimum Gasteiger partial charge on any atom is -0.355 e. The van der Waals surface area contributed by atoms with Gasteiger partial charge in [0.1, 0.15) is 0 Å². The second-order valence-corrected chi connectivity index (χ2v) is 5.27. The number of carbonyl (C=O) groups excluding carboxylic acids is 1. The predicted octanol–water partition coefficient (Wildman–Crippen LogP) is 2.59. The smallest absolute Gasteiger partial charge is 0.230 e. The molecule has 1 amide bonds.